The van der Waals surface area contributed by atoms with Crippen LogP contribution in [0.5, 0.6) is 5.75 Å². The Hall–Kier alpha value is -2.70. The molecule has 0 saturated carbocycles. The summed E-state index contributed by atoms with van der Waals surface area (Å²) in [6.45, 7) is 2.20. The minimum absolute atomic E-state index is 0.100. The number of hydrogen-bond donors (Lipinski definition) is 1. The van der Waals surface area contributed by atoms with Crippen LogP contribution in [0.2, 0.25) is 0 Å². The quantitative estimate of drug-likeness (QED) is 0.749. The molecule has 1 N–H and O–H groups in total. The Balaban J connectivity index is 2.00. The summed E-state index contributed by atoms with van der Waals surface area (Å²) < 4.78 is 7.52. The molecule has 0 aliphatic rings. The number of ether oxygens (including phenoxy) is 1. The van der Waals surface area contributed by atoms with Crippen LogP contribution in [-0.4, -0.2) is 23.4 Å². The molecule has 0 aliphatic heterocycles. The molecule has 0 radical (unpaired) electrons. The zero-order valence-electron chi connectivity index (χ0n) is 13.3. The lowest BCUT2D eigenvalue weighted by Crippen LogP contribution is -1.96. The van der Waals surface area contributed by atoms with E-state index in [1.165, 1.54) is 5.69 Å². The SMILES string of the molecule is COc1ccc2c(c1)cc(C)n2-c1ccc(C#CCCO)cc1. The first kappa shape index (κ1) is 15.2. The van der Waals surface area contributed by atoms with E-state index >= 15 is 0 Å². The fraction of sp³-hybridized carbons (Fsp3) is 0.200. The number of aromatic nitrogens is 1. The number of aryl methyl sites for hydroxylation is 1. The first-order valence-electron chi connectivity index (χ1n) is 7.59. The van der Waals surface area contributed by atoms with Gasteiger partial charge < -0.3 is 14.4 Å². The van der Waals surface area contributed by atoms with Gasteiger partial charge >= 0.3 is 0 Å². The molecule has 116 valence electrons. The van der Waals surface area contributed by atoms with Gasteiger partial charge in [-0.15, -0.1) is 0 Å². The van der Waals surface area contributed by atoms with Gasteiger partial charge in [0.15, 0.2) is 0 Å². The molecule has 3 rings (SSSR count). The summed E-state index contributed by atoms with van der Waals surface area (Å²) in [7, 11) is 1.68. The topological polar surface area (TPSA) is 34.4 Å². The van der Waals surface area contributed by atoms with E-state index in [0.29, 0.717) is 6.42 Å². The Bertz CT molecular complexity index is 880. The number of rotatable bonds is 3. The van der Waals surface area contributed by atoms with Gasteiger partial charge in [-0.2, -0.15) is 0 Å². The number of aliphatic hydroxyl groups is 1. The molecule has 0 fully saturated rings. The van der Waals surface area contributed by atoms with E-state index in [-0.39, 0.29) is 6.61 Å². The molecule has 3 heteroatoms. The van der Waals surface area contributed by atoms with E-state index < -0.39 is 0 Å². The number of hydrogen-bond acceptors (Lipinski definition) is 2. The van der Waals surface area contributed by atoms with E-state index in [1.54, 1.807) is 7.11 Å². The van der Waals surface area contributed by atoms with Gasteiger partial charge in [0.2, 0.25) is 0 Å². The maximum atomic E-state index is 8.77. The second-order valence-electron chi connectivity index (χ2n) is 5.37. The third-order valence-electron chi connectivity index (χ3n) is 3.79. The van der Waals surface area contributed by atoms with Crippen LogP contribution in [-0.2, 0) is 0 Å². The Morgan fingerprint density at radius 1 is 1.09 bits per heavy atom. The zero-order valence-corrected chi connectivity index (χ0v) is 13.3. The first-order valence-corrected chi connectivity index (χ1v) is 7.59. The Labute approximate surface area is 136 Å². The molecule has 0 aliphatic carbocycles. The molecule has 0 amide bonds. The van der Waals surface area contributed by atoms with Gasteiger partial charge in [0.1, 0.15) is 5.75 Å². The predicted octanol–water partition coefficient (Wildman–Crippen LogP) is 3.68. The molecule has 2 aromatic carbocycles. The maximum Gasteiger partial charge on any atom is 0.119 e. The average Bonchev–Trinajstić information content (AvgIpc) is 2.90. The summed E-state index contributed by atoms with van der Waals surface area (Å²) in [5.74, 6) is 6.85. The van der Waals surface area contributed by atoms with E-state index in [1.807, 2.05) is 24.3 Å². The second kappa shape index (κ2) is 6.60. The number of methoxy groups -OCH3 is 1. The van der Waals surface area contributed by atoms with Gasteiger partial charge in [0, 0.05) is 28.8 Å². The smallest absolute Gasteiger partial charge is 0.119 e. The van der Waals surface area contributed by atoms with Crippen molar-refractivity contribution in [3.63, 3.8) is 0 Å². The van der Waals surface area contributed by atoms with Crippen molar-refractivity contribution in [2.45, 2.75) is 13.3 Å². The van der Waals surface area contributed by atoms with Gasteiger partial charge in [0.05, 0.1) is 19.2 Å². The Morgan fingerprint density at radius 2 is 1.87 bits per heavy atom. The minimum Gasteiger partial charge on any atom is -0.497 e. The minimum atomic E-state index is 0.100. The van der Waals surface area contributed by atoms with Crippen molar-refractivity contribution in [2.75, 3.05) is 13.7 Å². The largest absolute Gasteiger partial charge is 0.497 e. The highest BCUT2D eigenvalue weighted by atomic mass is 16.5. The van der Waals surface area contributed by atoms with Crippen LogP contribution >= 0.6 is 0 Å². The number of benzene rings is 2. The lowest BCUT2D eigenvalue weighted by Gasteiger charge is -2.09. The van der Waals surface area contributed by atoms with Crippen molar-refractivity contribution < 1.29 is 9.84 Å². The fourth-order valence-electron chi connectivity index (χ4n) is 2.72. The van der Waals surface area contributed by atoms with Crippen LogP contribution in [0.1, 0.15) is 17.7 Å². The van der Waals surface area contributed by atoms with Gasteiger partial charge in [0.25, 0.3) is 0 Å². The molecule has 23 heavy (non-hydrogen) atoms. The average molecular weight is 305 g/mol. The van der Waals surface area contributed by atoms with Gasteiger partial charge in [-0.1, -0.05) is 11.8 Å². The number of nitrogens with zero attached hydrogens (tertiary/aromatic N) is 1. The second-order valence-corrected chi connectivity index (χ2v) is 5.37. The Morgan fingerprint density at radius 3 is 2.57 bits per heavy atom. The third-order valence-corrected chi connectivity index (χ3v) is 3.79. The van der Waals surface area contributed by atoms with E-state index in [9.17, 15) is 0 Å². The van der Waals surface area contributed by atoms with Crippen LogP contribution in [0.25, 0.3) is 16.6 Å². The summed E-state index contributed by atoms with van der Waals surface area (Å²) in [6.07, 6.45) is 0.505. The summed E-state index contributed by atoms with van der Waals surface area (Å²) >= 11 is 0. The Kier molecular flexibility index (Phi) is 4.36. The molecular formula is C20H19NO2. The number of fused-ring (bicyclic) bond motifs is 1. The van der Waals surface area contributed by atoms with Crippen molar-refractivity contribution in [3.05, 3.63) is 59.8 Å². The summed E-state index contributed by atoms with van der Waals surface area (Å²) in [6, 6.07) is 16.4. The molecule has 1 heterocycles. The molecule has 0 bridgehead atoms. The fourth-order valence-corrected chi connectivity index (χ4v) is 2.72. The molecule has 3 nitrogen and oxygen atoms in total. The molecule has 0 unspecified atom stereocenters. The van der Waals surface area contributed by atoms with E-state index in [2.05, 4.69) is 47.6 Å². The number of aliphatic hydroxyl groups excluding tert-OH is 1. The standard InChI is InChI=1S/C20H19NO2/c1-15-13-17-14-19(23-2)10-11-20(17)21(15)18-8-6-16(7-9-18)5-3-4-12-22/h6-11,13-14,22H,4,12H2,1-2H3. The van der Waals surface area contributed by atoms with Gasteiger partial charge in [-0.05, 0) is 55.5 Å². The summed E-state index contributed by atoms with van der Waals surface area (Å²) in [5.41, 5.74) is 4.39. The normalized spacial score (nSPS) is 10.4. The molecule has 1 aromatic heterocycles. The molecule has 0 spiro atoms. The van der Waals surface area contributed by atoms with E-state index in [4.69, 9.17) is 9.84 Å². The highest BCUT2D eigenvalue weighted by Gasteiger charge is 2.08. The summed E-state index contributed by atoms with van der Waals surface area (Å²) in [4.78, 5) is 0. The lowest BCUT2D eigenvalue weighted by atomic mass is 10.2. The van der Waals surface area contributed by atoms with Gasteiger partial charge in [-0.3, -0.25) is 0 Å². The van der Waals surface area contributed by atoms with Crippen molar-refractivity contribution in [2.24, 2.45) is 0 Å². The van der Waals surface area contributed by atoms with Crippen LogP contribution in [0, 0.1) is 18.8 Å². The third kappa shape index (κ3) is 3.08. The van der Waals surface area contributed by atoms with Crippen molar-refractivity contribution >= 4 is 10.9 Å². The molecule has 0 saturated heterocycles. The van der Waals surface area contributed by atoms with Crippen LogP contribution in [0.15, 0.2) is 48.5 Å². The van der Waals surface area contributed by atoms with E-state index in [0.717, 1.165) is 27.9 Å². The van der Waals surface area contributed by atoms with Crippen molar-refractivity contribution in [3.8, 4) is 23.3 Å². The monoisotopic (exact) mass is 305 g/mol. The van der Waals surface area contributed by atoms with Gasteiger partial charge in [-0.25, -0.2) is 0 Å². The predicted molar refractivity (Wildman–Crippen MR) is 93.1 cm³/mol. The summed E-state index contributed by atoms with van der Waals surface area (Å²) in [5, 5.41) is 9.93. The van der Waals surface area contributed by atoms with Crippen LogP contribution < -0.4 is 4.74 Å². The lowest BCUT2D eigenvalue weighted by molar-refractivity contribution is 0.305. The highest BCUT2D eigenvalue weighted by Crippen LogP contribution is 2.27. The first-order chi connectivity index (χ1) is 11.2. The van der Waals surface area contributed by atoms with Crippen LogP contribution in [0.4, 0.5) is 0 Å². The molecule has 3 aromatic rings. The van der Waals surface area contributed by atoms with Crippen molar-refractivity contribution in [1.29, 1.82) is 0 Å². The zero-order chi connectivity index (χ0) is 16.2. The van der Waals surface area contributed by atoms with Crippen molar-refractivity contribution in [1.82, 2.24) is 4.57 Å². The highest BCUT2D eigenvalue weighted by molar-refractivity contribution is 5.84. The van der Waals surface area contributed by atoms with Crippen LogP contribution in [0.3, 0.4) is 0 Å². The molecule has 0 atom stereocenters. The maximum absolute atomic E-state index is 8.77. The molecular weight excluding hydrogens is 286 g/mol.